The van der Waals surface area contributed by atoms with E-state index in [1.165, 1.54) is 0 Å². The van der Waals surface area contributed by atoms with Gasteiger partial charge in [0, 0.05) is 6.61 Å². The maximum Gasteiger partial charge on any atom is 0.316 e. The number of hydrogen-bond donors (Lipinski definition) is 0. The largest absolute Gasteiger partial charge is 0.464 e. The third kappa shape index (κ3) is 8.47. The quantitative estimate of drug-likeness (QED) is 0.301. The fourth-order valence-corrected chi connectivity index (χ4v) is 4.40. The fourth-order valence-electron chi connectivity index (χ4n) is 3.26. The lowest BCUT2D eigenvalue weighted by molar-refractivity contribution is -0.282. The van der Waals surface area contributed by atoms with Crippen LogP contribution < -0.4 is 0 Å². The Morgan fingerprint density at radius 1 is 0.676 bits per heavy atom. The third-order valence-corrected chi connectivity index (χ3v) is 12.1. The van der Waals surface area contributed by atoms with Gasteiger partial charge in [-0.15, -0.1) is 0 Å². The smallest absolute Gasteiger partial charge is 0.316 e. The van der Waals surface area contributed by atoms with Gasteiger partial charge in [-0.2, -0.15) is 0 Å². The van der Waals surface area contributed by atoms with Gasteiger partial charge in [-0.25, -0.2) is 0 Å². The van der Waals surface area contributed by atoms with E-state index in [9.17, 15) is 9.59 Å². The Morgan fingerprint density at radius 3 is 1.30 bits per heavy atom. The molecule has 2 saturated heterocycles. The summed E-state index contributed by atoms with van der Waals surface area (Å²) in [6, 6.07) is 0. The molecule has 0 aliphatic carbocycles. The zero-order valence-corrected chi connectivity index (χ0v) is 26.1. The van der Waals surface area contributed by atoms with Crippen LogP contribution in [0.3, 0.4) is 0 Å². The van der Waals surface area contributed by atoms with Gasteiger partial charge in [0.1, 0.15) is 24.0 Å². The average Bonchev–Trinajstić information content (AvgIpc) is 2.78. The lowest BCUT2D eigenvalue weighted by atomic mass is 9.90. The van der Waals surface area contributed by atoms with Gasteiger partial charge in [-0.3, -0.25) is 9.59 Å². The van der Waals surface area contributed by atoms with Gasteiger partial charge in [0.25, 0.3) is 0 Å². The Kier molecular flexibility index (Phi) is 9.43. The minimum atomic E-state index is -2.11. The highest BCUT2D eigenvalue weighted by molar-refractivity contribution is 6.74. The van der Waals surface area contributed by atoms with Crippen molar-refractivity contribution in [3.8, 4) is 0 Å². The molecule has 2 rings (SSSR count). The molecular formula is C27H50O9Si. The van der Waals surface area contributed by atoms with Crippen LogP contribution in [0.15, 0.2) is 0 Å². The topological polar surface area (TPSA) is 98.8 Å². The normalized spacial score (nSPS) is 23.2. The van der Waals surface area contributed by atoms with E-state index >= 15 is 0 Å². The van der Waals surface area contributed by atoms with Crippen LogP contribution in [0.5, 0.6) is 0 Å². The molecule has 0 radical (unpaired) electrons. The van der Waals surface area contributed by atoms with Crippen LogP contribution in [0.25, 0.3) is 0 Å². The second kappa shape index (κ2) is 10.8. The van der Waals surface area contributed by atoms with Crippen LogP contribution in [0.1, 0.15) is 69.2 Å². The number of carbonyl (C=O) groups excluding carboxylic acids is 2. The predicted octanol–water partition coefficient (Wildman–Crippen LogP) is 4.68. The number of hydrogen-bond acceptors (Lipinski definition) is 9. The van der Waals surface area contributed by atoms with Gasteiger partial charge in [0.2, 0.25) is 0 Å². The number of rotatable bonds is 9. The van der Waals surface area contributed by atoms with Crippen molar-refractivity contribution in [2.45, 2.75) is 98.9 Å². The van der Waals surface area contributed by atoms with Crippen LogP contribution in [-0.4, -0.2) is 78.1 Å². The molecule has 216 valence electrons. The van der Waals surface area contributed by atoms with Crippen molar-refractivity contribution in [3.63, 3.8) is 0 Å². The van der Waals surface area contributed by atoms with Crippen LogP contribution in [0, 0.1) is 16.2 Å². The summed E-state index contributed by atoms with van der Waals surface area (Å²) in [4.78, 5) is 26.2. The summed E-state index contributed by atoms with van der Waals surface area (Å²) in [5.41, 5.74) is -2.62. The summed E-state index contributed by atoms with van der Waals surface area (Å²) in [5, 5.41) is -0.00459. The van der Waals surface area contributed by atoms with E-state index < -0.39 is 48.1 Å². The van der Waals surface area contributed by atoms with E-state index in [2.05, 4.69) is 33.9 Å². The molecule has 0 spiro atoms. The Balaban J connectivity index is 2.10. The molecule has 0 aromatic carbocycles. The van der Waals surface area contributed by atoms with Crippen molar-refractivity contribution >= 4 is 20.3 Å². The molecule has 0 atom stereocenters. The van der Waals surface area contributed by atoms with Gasteiger partial charge in [0.15, 0.2) is 19.9 Å². The van der Waals surface area contributed by atoms with Crippen molar-refractivity contribution < 1.29 is 42.4 Å². The van der Waals surface area contributed by atoms with Crippen molar-refractivity contribution in [2.24, 2.45) is 16.2 Å². The van der Waals surface area contributed by atoms with Crippen LogP contribution in [-0.2, 0) is 42.4 Å². The number of ether oxygens (including phenoxy) is 6. The highest BCUT2D eigenvalue weighted by Crippen LogP contribution is 2.38. The lowest BCUT2D eigenvalue weighted by Crippen LogP contribution is -2.52. The molecule has 0 aromatic rings. The SMILES string of the molecule is CC(COC(=O)C1(C)COC(C)(C)OC1)(COC(=O)C1(C)COC(C)(C)OC1)CO[Si](C)(C)C(C)(C)C. The molecule has 37 heavy (non-hydrogen) atoms. The van der Waals surface area contributed by atoms with Gasteiger partial charge >= 0.3 is 11.9 Å². The number of esters is 2. The molecule has 0 aromatic heterocycles. The molecule has 10 heteroatoms. The summed E-state index contributed by atoms with van der Waals surface area (Å²) < 4.78 is 40.9. The molecule has 0 unspecified atom stereocenters. The molecule has 2 heterocycles. The number of carbonyl (C=O) groups is 2. The monoisotopic (exact) mass is 546 g/mol. The lowest BCUT2D eigenvalue weighted by Gasteiger charge is -2.42. The standard InChI is InChI=1S/C27H50O9Si/c1-22(2,3)37(11,12)36-15-25(8,13-30-20(28)26(9)16-32-23(4,5)33-17-26)14-31-21(29)27(10)18-34-24(6,7)35-19-27/h13-19H2,1-12H3. The Labute approximate surface area is 224 Å². The highest BCUT2D eigenvalue weighted by atomic mass is 28.4. The molecule has 9 nitrogen and oxygen atoms in total. The maximum absolute atomic E-state index is 13.1. The molecule has 2 fully saturated rings. The Bertz CT molecular complexity index is 758. The van der Waals surface area contributed by atoms with E-state index in [0.29, 0.717) is 0 Å². The third-order valence-electron chi connectivity index (χ3n) is 7.63. The molecule has 0 bridgehead atoms. The van der Waals surface area contributed by atoms with Gasteiger partial charge in [-0.1, -0.05) is 27.7 Å². The first-order valence-electron chi connectivity index (χ1n) is 13.1. The average molecular weight is 547 g/mol. The second-order valence-electron chi connectivity index (χ2n) is 14.1. The van der Waals surface area contributed by atoms with Crippen molar-refractivity contribution in [2.75, 3.05) is 46.2 Å². The summed E-state index contributed by atoms with van der Waals surface area (Å²) in [6.07, 6.45) is 0. The van der Waals surface area contributed by atoms with E-state index in [4.69, 9.17) is 32.8 Å². The molecular weight excluding hydrogens is 496 g/mol. The molecule has 0 amide bonds. The molecule has 2 aliphatic heterocycles. The second-order valence-corrected chi connectivity index (χ2v) is 18.9. The van der Waals surface area contributed by atoms with Gasteiger partial charge in [-0.05, 0) is 59.7 Å². The molecule has 0 N–H and O–H groups in total. The molecule has 0 saturated carbocycles. The summed E-state index contributed by atoms with van der Waals surface area (Å²) in [5.74, 6) is -2.32. The zero-order chi connectivity index (χ0) is 28.6. The zero-order valence-electron chi connectivity index (χ0n) is 25.1. The highest BCUT2D eigenvalue weighted by Gasteiger charge is 2.47. The predicted molar refractivity (Wildman–Crippen MR) is 141 cm³/mol. The van der Waals surface area contributed by atoms with E-state index in [0.717, 1.165) is 0 Å². The fraction of sp³-hybridized carbons (Fsp3) is 0.926. The molecule has 2 aliphatic rings. The first-order valence-corrected chi connectivity index (χ1v) is 16.0. The van der Waals surface area contributed by atoms with Crippen LogP contribution in [0.4, 0.5) is 0 Å². The first kappa shape index (κ1) is 32.2. The van der Waals surface area contributed by atoms with Crippen molar-refractivity contribution in [3.05, 3.63) is 0 Å². The van der Waals surface area contributed by atoms with Crippen molar-refractivity contribution in [1.29, 1.82) is 0 Å². The summed E-state index contributed by atoms with van der Waals surface area (Å²) in [6.45, 7) is 24.6. The van der Waals surface area contributed by atoms with E-state index in [1.54, 1.807) is 13.8 Å². The van der Waals surface area contributed by atoms with E-state index in [1.807, 2.05) is 34.6 Å². The Hall–Kier alpha value is -1.04. The van der Waals surface area contributed by atoms with Gasteiger partial charge < -0.3 is 32.8 Å². The van der Waals surface area contributed by atoms with Crippen LogP contribution in [0.2, 0.25) is 18.1 Å². The van der Waals surface area contributed by atoms with Crippen LogP contribution >= 0.6 is 0 Å². The van der Waals surface area contributed by atoms with E-state index in [-0.39, 0.29) is 51.3 Å². The maximum atomic E-state index is 13.1. The first-order chi connectivity index (χ1) is 16.5. The Morgan fingerprint density at radius 2 is 1.00 bits per heavy atom. The minimum absolute atomic E-state index is 0.00459. The summed E-state index contributed by atoms with van der Waals surface area (Å²) >= 11 is 0. The summed E-state index contributed by atoms with van der Waals surface area (Å²) in [7, 11) is -2.11. The minimum Gasteiger partial charge on any atom is -0.464 e. The van der Waals surface area contributed by atoms with Crippen molar-refractivity contribution in [1.82, 2.24) is 0 Å². The van der Waals surface area contributed by atoms with Gasteiger partial charge in [0.05, 0.1) is 31.8 Å².